The number of likely N-dealkylation sites (tertiary alicyclic amines) is 1. The van der Waals surface area contributed by atoms with Gasteiger partial charge in [0.15, 0.2) is 0 Å². The van der Waals surface area contributed by atoms with Gasteiger partial charge in [0, 0.05) is 30.3 Å². The molecule has 0 radical (unpaired) electrons. The lowest BCUT2D eigenvalue weighted by Gasteiger charge is -2.34. The average Bonchev–Trinajstić information content (AvgIpc) is 3.34. The van der Waals surface area contributed by atoms with E-state index in [1.165, 1.54) is 0 Å². The van der Waals surface area contributed by atoms with Crippen molar-refractivity contribution in [2.75, 3.05) is 18.4 Å². The Balaban J connectivity index is 1.68. The van der Waals surface area contributed by atoms with Crippen LogP contribution < -0.4 is 5.32 Å². The highest BCUT2D eigenvalue weighted by molar-refractivity contribution is 5.98. The van der Waals surface area contributed by atoms with Crippen LogP contribution in [-0.4, -0.2) is 41.0 Å². The maximum absolute atomic E-state index is 12.5. The fourth-order valence-electron chi connectivity index (χ4n) is 2.74. The lowest BCUT2D eigenvalue weighted by Crippen LogP contribution is -2.45. The number of hydrogen-bond donors (Lipinski definition) is 2. The van der Waals surface area contributed by atoms with Crippen LogP contribution in [0.1, 0.15) is 36.5 Å². The second kappa shape index (κ2) is 6.08. The monoisotopic (exact) mass is 302 g/mol. The number of hydrogen-bond acceptors (Lipinski definition) is 3. The quantitative estimate of drug-likeness (QED) is 0.895. The van der Waals surface area contributed by atoms with Crippen LogP contribution in [0.25, 0.3) is 0 Å². The summed E-state index contributed by atoms with van der Waals surface area (Å²) in [6, 6.07) is 7.04. The van der Waals surface area contributed by atoms with Gasteiger partial charge in [-0.05, 0) is 43.4 Å². The van der Waals surface area contributed by atoms with Crippen LogP contribution in [-0.2, 0) is 4.79 Å². The first kappa shape index (κ1) is 15.0. The van der Waals surface area contributed by atoms with Crippen LogP contribution >= 0.6 is 0 Å². The first-order valence-electron chi connectivity index (χ1n) is 7.93. The first-order valence-corrected chi connectivity index (χ1v) is 7.93. The van der Waals surface area contributed by atoms with Crippen LogP contribution in [0.2, 0.25) is 0 Å². The van der Waals surface area contributed by atoms with E-state index in [1.807, 2.05) is 6.92 Å². The number of carbonyl (C=O) groups is 2. The average molecular weight is 302 g/mol. The molecule has 0 bridgehead atoms. The van der Waals surface area contributed by atoms with Crippen LogP contribution in [0.5, 0.6) is 0 Å². The number of benzene rings is 1. The molecule has 3 rings (SSSR count). The molecular weight excluding hydrogens is 280 g/mol. The molecule has 22 heavy (non-hydrogen) atoms. The zero-order valence-corrected chi connectivity index (χ0v) is 12.8. The summed E-state index contributed by atoms with van der Waals surface area (Å²) in [5.41, 5.74) is 1.21. The molecule has 2 atom stereocenters. The SMILES string of the molecule is CC1CCN(C(=O)c2cccc(NC(=O)C3CC3)c2)CC1O. The molecule has 2 unspecified atom stereocenters. The Hall–Kier alpha value is -1.88. The van der Waals surface area contributed by atoms with Crippen molar-refractivity contribution in [3.05, 3.63) is 29.8 Å². The third-order valence-corrected chi connectivity index (χ3v) is 4.53. The van der Waals surface area contributed by atoms with Crippen LogP contribution in [0.15, 0.2) is 24.3 Å². The Kier molecular flexibility index (Phi) is 4.16. The summed E-state index contributed by atoms with van der Waals surface area (Å²) in [7, 11) is 0. The van der Waals surface area contributed by atoms with E-state index < -0.39 is 6.10 Å². The largest absolute Gasteiger partial charge is 0.391 e. The smallest absolute Gasteiger partial charge is 0.254 e. The maximum Gasteiger partial charge on any atom is 0.254 e. The van der Waals surface area contributed by atoms with Crippen molar-refractivity contribution in [3.63, 3.8) is 0 Å². The summed E-state index contributed by atoms with van der Waals surface area (Å²) in [6.45, 7) is 3.04. The number of β-amino-alcohol motifs (C(OH)–C–C–N with tert-alkyl or cyclic N) is 1. The summed E-state index contributed by atoms with van der Waals surface area (Å²) in [6.07, 6.45) is 2.25. The van der Waals surface area contributed by atoms with Crippen LogP contribution in [0.4, 0.5) is 5.69 Å². The van der Waals surface area contributed by atoms with Crippen LogP contribution in [0.3, 0.4) is 0 Å². The molecule has 1 heterocycles. The molecule has 1 saturated heterocycles. The van der Waals surface area contributed by atoms with Crippen molar-refractivity contribution in [2.45, 2.75) is 32.3 Å². The number of aliphatic hydroxyl groups is 1. The van der Waals surface area contributed by atoms with Gasteiger partial charge in [-0.3, -0.25) is 9.59 Å². The lowest BCUT2D eigenvalue weighted by atomic mass is 9.95. The Morgan fingerprint density at radius 1 is 1.27 bits per heavy atom. The van der Waals surface area contributed by atoms with E-state index in [0.29, 0.717) is 24.3 Å². The highest BCUT2D eigenvalue weighted by Gasteiger charge is 2.30. The fourth-order valence-corrected chi connectivity index (χ4v) is 2.74. The molecule has 2 N–H and O–H groups in total. The third kappa shape index (κ3) is 3.30. The molecule has 0 spiro atoms. The summed E-state index contributed by atoms with van der Waals surface area (Å²) >= 11 is 0. The number of amides is 2. The number of anilines is 1. The van der Waals surface area contributed by atoms with Gasteiger partial charge in [-0.25, -0.2) is 0 Å². The summed E-state index contributed by atoms with van der Waals surface area (Å²) < 4.78 is 0. The van der Waals surface area contributed by atoms with Gasteiger partial charge in [0.25, 0.3) is 5.91 Å². The van der Waals surface area contributed by atoms with Gasteiger partial charge >= 0.3 is 0 Å². The topological polar surface area (TPSA) is 69.6 Å². The van der Waals surface area contributed by atoms with Crippen LogP contribution in [0, 0.1) is 11.8 Å². The molecule has 1 aliphatic carbocycles. The molecule has 2 fully saturated rings. The molecule has 5 nitrogen and oxygen atoms in total. The second-order valence-electron chi connectivity index (χ2n) is 6.43. The van der Waals surface area contributed by atoms with Gasteiger partial charge < -0.3 is 15.3 Å². The number of nitrogens with one attached hydrogen (secondary N) is 1. The van der Waals surface area contributed by atoms with Crippen molar-refractivity contribution >= 4 is 17.5 Å². The Morgan fingerprint density at radius 3 is 2.73 bits per heavy atom. The van der Waals surface area contributed by atoms with E-state index >= 15 is 0 Å². The predicted octanol–water partition coefficient (Wildman–Crippen LogP) is 1.88. The van der Waals surface area contributed by atoms with E-state index in [1.54, 1.807) is 29.2 Å². The van der Waals surface area contributed by atoms with E-state index in [-0.39, 0.29) is 23.7 Å². The highest BCUT2D eigenvalue weighted by Crippen LogP contribution is 2.30. The Bertz CT molecular complexity index is 583. The first-order chi connectivity index (χ1) is 10.5. The molecule has 0 aromatic heterocycles. The second-order valence-corrected chi connectivity index (χ2v) is 6.43. The van der Waals surface area contributed by atoms with Gasteiger partial charge in [0.2, 0.25) is 5.91 Å². The molecular formula is C17H22N2O3. The van der Waals surface area contributed by atoms with Crippen molar-refractivity contribution in [2.24, 2.45) is 11.8 Å². The normalized spacial score (nSPS) is 24.9. The van der Waals surface area contributed by atoms with Gasteiger partial charge in [-0.2, -0.15) is 0 Å². The highest BCUT2D eigenvalue weighted by atomic mass is 16.3. The number of nitrogens with zero attached hydrogens (tertiary/aromatic N) is 1. The minimum absolute atomic E-state index is 0.0341. The zero-order chi connectivity index (χ0) is 15.7. The molecule has 1 aliphatic heterocycles. The molecule has 118 valence electrons. The molecule has 2 amide bonds. The van der Waals surface area contributed by atoms with E-state index in [9.17, 15) is 14.7 Å². The standard InChI is InChI=1S/C17H22N2O3/c1-11-7-8-19(10-15(11)20)17(22)13-3-2-4-14(9-13)18-16(21)12-5-6-12/h2-4,9,11-12,15,20H,5-8,10H2,1H3,(H,18,21). The molecule has 1 saturated carbocycles. The number of rotatable bonds is 3. The van der Waals surface area contributed by atoms with Crippen molar-refractivity contribution in [1.82, 2.24) is 4.90 Å². The molecule has 5 heteroatoms. The summed E-state index contributed by atoms with van der Waals surface area (Å²) in [5.74, 6) is 0.312. The summed E-state index contributed by atoms with van der Waals surface area (Å²) in [5, 5.41) is 12.8. The zero-order valence-electron chi connectivity index (χ0n) is 12.8. The van der Waals surface area contributed by atoms with E-state index in [2.05, 4.69) is 5.32 Å². The number of aliphatic hydroxyl groups excluding tert-OH is 1. The van der Waals surface area contributed by atoms with Crippen molar-refractivity contribution < 1.29 is 14.7 Å². The van der Waals surface area contributed by atoms with E-state index in [0.717, 1.165) is 19.3 Å². The minimum atomic E-state index is -0.463. The number of carbonyl (C=O) groups excluding carboxylic acids is 2. The maximum atomic E-state index is 12.5. The minimum Gasteiger partial charge on any atom is -0.391 e. The van der Waals surface area contributed by atoms with Gasteiger partial charge in [0.05, 0.1) is 6.10 Å². The Labute approximate surface area is 130 Å². The third-order valence-electron chi connectivity index (χ3n) is 4.53. The van der Waals surface area contributed by atoms with Gasteiger partial charge in [-0.15, -0.1) is 0 Å². The Morgan fingerprint density at radius 2 is 2.05 bits per heavy atom. The summed E-state index contributed by atoms with van der Waals surface area (Å²) in [4.78, 5) is 26.0. The molecule has 1 aromatic rings. The molecule has 2 aliphatic rings. The van der Waals surface area contributed by atoms with Crippen molar-refractivity contribution in [3.8, 4) is 0 Å². The van der Waals surface area contributed by atoms with Gasteiger partial charge in [-0.1, -0.05) is 13.0 Å². The van der Waals surface area contributed by atoms with Gasteiger partial charge in [0.1, 0.15) is 0 Å². The van der Waals surface area contributed by atoms with Crippen molar-refractivity contribution in [1.29, 1.82) is 0 Å². The lowest BCUT2D eigenvalue weighted by molar-refractivity contribution is -0.117. The molecule has 1 aromatic carbocycles. The number of piperidine rings is 1. The predicted molar refractivity (Wildman–Crippen MR) is 83.5 cm³/mol. The fraction of sp³-hybridized carbons (Fsp3) is 0.529. The van der Waals surface area contributed by atoms with E-state index in [4.69, 9.17) is 0 Å².